The van der Waals surface area contributed by atoms with Gasteiger partial charge < -0.3 is 10.1 Å². The van der Waals surface area contributed by atoms with Gasteiger partial charge in [0, 0.05) is 16.2 Å². The van der Waals surface area contributed by atoms with Crippen LogP contribution in [-0.4, -0.2) is 11.0 Å². The van der Waals surface area contributed by atoms with Crippen molar-refractivity contribution in [2.75, 3.05) is 5.32 Å². The first-order valence-electron chi connectivity index (χ1n) is 6.43. The Hall–Kier alpha value is -2.08. The van der Waals surface area contributed by atoms with Crippen LogP contribution in [0.4, 0.5) is 17.1 Å². The molecule has 0 bridgehead atoms. The fourth-order valence-corrected chi connectivity index (χ4v) is 2.17. The van der Waals surface area contributed by atoms with Gasteiger partial charge in [-0.1, -0.05) is 15.9 Å². The van der Waals surface area contributed by atoms with Crippen LogP contribution in [0.2, 0.25) is 0 Å². The SMILES string of the molecule is CC(C)Oc1ccc(Nc2cc(Br)ccc2[N+](=O)[O-])cc1. The van der Waals surface area contributed by atoms with Gasteiger partial charge in [0.15, 0.2) is 0 Å². The zero-order valence-corrected chi connectivity index (χ0v) is 13.3. The third kappa shape index (κ3) is 4.19. The largest absolute Gasteiger partial charge is 0.491 e. The molecule has 0 saturated carbocycles. The second-order valence-electron chi connectivity index (χ2n) is 4.73. The molecule has 2 aromatic carbocycles. The molecule has 0 aliphatic heterocycles. The summed E-state index contributed by atoms with van der Waals surface area (Å²) < 4.78 is 6.33. The van der Waals surface area contributed by atoms with Crippen molar-refractivity contribution in [2.45, 2.75) is 20.0 Å². The molecule has 0 saturated heterocycles. The van der Waals surface area contributed by atoms with Crippen LogP contribution in [0.3, 0.4) is 0 Å². The van der Waals surface area contributed by atoms with Crippen molar-refractivity contribution in [3.8, 4) is 5.75 Å². The van der Waals surface area contributed by atoms with Gasteiger partial charge in [0.25, 0.3) is 5.69 Å². The Morgan fingerprint density at radius 1 is 1.19 bits per heavy atom. The van der Waals surface area contributed by atoms with Gasteiger partial charge in [-0.3, -0.25) is 10.1 Å². The number of anilines is 2. The number of nitrogens with zero attached hydrogens (tertiary/aromatic N) is 1. The van der Waals surface area contributed by atoms with Crippen molar-refractivity contribution < 1.29 is 9.66 Å². The maximum Gasteiger partial charge on any atom is 0.292 e. The molecule has 0 unspecified atom stereocenters. The van der Waals surface area contributed by atoms with E-state index in [2.05, 4.69) is 21.2 Å². The highest BCUT2D eigenvalue weighted by Crippen LogP contribution is 2.31. The summed E-state index contributed by atoms with van der Waals surface area (Å²) in [7, 11) is 0. The predicted molar refractivity (Wildman–Crippen MR) is 86.3 cm³/mol. The number of ether oxygens (including phenoxy) is 1. The molecule has 110 valence electrons. The van der Waals surface area contributed by atoms with Crippen LogP contribution in [0, 0.1) is 10.1 Å². The number of nitrogens with one attached hydrogen (secondary N) is 1. The average Bonchev–Trinajstić information content (AvgIpc) is 2.40. The Bertz CT molecular complexity index is 642. The van der Waals surface area contributed by atoms with Crippen LogP contribution in [0.25, 0.3) is 0 Å². The van der Waals surface area contributed by atoms with Crippen molar-refractivity contribution in [2.24, 2.45) is 0 Å². The van der Waals surface area contributed by atoms with E-state index in [1.807, 2.05) is 38.1 Å². The maximum absolute atomic E-state index is 11.0. The van der Waals surface area contributed by atoms with Crippen LogP contribution in [0.15, 0.2) is 46.9 Å². The van der Waals surface area contributed by atoms with Crippen molar-refractivity contribution in [1.29, 1.82) is 0 Å². The summed E-state index contributed by atoms with van der Waals surface area (Å²) >= 11 is 3.31. The topological polar surface area (TPSA) is 64.4 Å². The Kier molecular flexibility index (Phi) is 4.80. The van der Waals surface area contributed by atoms with Gasteiger partial charge in [0.2, 0.25) is 0 Å². The van der Waals surface area contributed by atoms with Crippen LogP contribution < -0.4 is 10.1 Å². The normalized spacial score (nSPS) is 10.5. The Morgan fingerprint density at radius 2 is 1.86 bits per heavy atom. The fourth-order valence-electron chi connectivity index (χ4n) is 1.81. The second kappa shape index (κ2) is 6.58. The maximum atomic E-state index is 11.0. The van der Waals surface area contributed by atoms with Crippen LogP contribution in [-0.2, 0) is 0 Å². The first kappa shape index (κ1) is 15.3. The number of halogens is 1. The van der Waals surface area contributed by atoms with Crippen molar-refractivity contribution in [3.05, 3.63) is 57.1 Å². The average molecular weight is 351 g/mol. The molecule has 0 fully saturated rings. The standard InChI is InChI=1S/C15H15BrN2O3/c1-10(2)21-13-6-4-12(5-7-13)17-14-9-11(16)3-8-15(14)18(19)20/h3-10,17H,1-2H3. The summed E-state index contributed by atoms with van der Waals surface area (Å²) in [5.41, 5.74) is 1.22. The molecule has 1 N–H and O–H groups in total. The van der Waals surface area contributed by atoms with Crippen molar-refractivity contribution in [3.63, 3.8) is 0 Å². The van der Waals surface area contributed by atoms with E-state index in [0.29, 0.717) is 5.69 Å². The summed E-state index contributed by atoms with van der Waals surface area (Å²) in [5, 5.41) is 14.1. The van der Waals surface area contributed by atoms with E-state index in [0.717, 1.165) is 15.9 Å². The van der Waals surface area contributed by atoms with E-state index in [9.17, 15) is 10.1 Å². The van der Waals surface area contributed by atoms with Gasteiger partial charge in [-0.2, -0.15) is 0 Å². The molecule has 0 atom stereocenters. The van der Waals surface area contributed by atoms with Gasteiger partial charge in [-0.25, -0.2) is 0 Å². The molecular formula is C15H15BrN2O3. The lowest BCUT2D eigenvalue weighted by Crippen LogP contribution is -2.05. The first-order valence-corrected chi connectivity index (χ1v) is 7.22. The number of benzene rings is 2. The summed E-state index contributed by atoms with van der Waals surface area (Å²) in [5.74, 6) is 0.763. The van der Waals surface area contributed by atoms with E-state index in [1.165, 1.54) is 6.07 Å². The number of hydrogen-bond donors (Lipinski definition) is 1. The molecule has 2 aromatic rings. The monoisotopic (exact) mass is 350 g/mol. The summed E-state index contributed by atoms with van der Waals surface area (Å²) in [6, 6.07) is 12.1. The van der Waals surface area contributed by atoms with Gasteiger partial charge in [-0.05, 0) is 50.2 Å². The molecule has 0 radical (unpaired) electrons. The summed E-state index contributed by atoms with van der Waals surface area (Å²) in [6.45, 7) is 3.91. The lowest BCUT2D eigenvalue weighted by molar-refractivity contribution is -0.383. The molecular weight excluding hydrogens is 336 g/mol. The quantitative estimate of drug-likeness (QED) is 0.615. The molecule has 21 heavy (non-hydrogen) atoms. The summed E-state index contributed by atoms with van der Waals surface area (Å²) in [6.07, 6.45) is 0.106. The number of nitro benzene ring substituents is 1. The van der Waals surface area contributed by atoms with Crippen molar-refractivity contribution in [1.82, 2.24) is 0 Å². The molecule has 0 aliphatic rings. The van der Waals surface area contributed by atoms with E-state index in [1.54, 1.807) is 12.1 Å². The highest BCUT2D eigenvalue weighted by atomic mass is 79.9. The third-order valence-electron chi connectivity index (χ3n) is 2.66. The molecule has 2 rings (SSSR count). The number of nitro groups is 1. The zero-order valence-electron chi connectivity index (χ0n) is 11.7. The molecule has 0 heterocycles. The van der Waals surface area contributed by atoms with Crippen LogP contribution in [0.5, 0.6) is 5.75 Å². The van der Waals surface area contributed by atoms with Crippen LogP contribution in [0.1, 0.15) is 13.8 Å². The Balaban J connectivity index is 2.22. The molecule has 0 aliphatic carbocycles. The summed E-state index contributed by atoms with van der Waals surface area (Å²) in [4.78, 5) is 10.6. The second-order valence-corrected chi connectivity index (χ2v) is 5.65. The fraction of sp³-hybridized carbons (Fsp3) is 0.200. The predicted octanol–water partition coefficient (Wildman–Crippen LogP) is 4.89. The molecule has 0 aromatic heterocycles. The minimum Gasteiger partial charge on any atom is -0.491 e. The molecule has 5 nitrogen and oxygen atoms in total. The lowest BCUT2D eigenvalue weighted by atomic mass is 10.2. The van der Waals surface area contributed by atoms with E-state index < -0.39 is 4.92 Å². The van der Waals surface area contributed by atoms with E-state index in [4.69, 9.17) is 4.74 Å². The lowest BCUT2D eigenvalue weighted by Gasteiger charge is -2.11. The first-order chi connectivity index (χ1) is 9.95. The molecule has 6 heteroatoms. The zero-order chi connectivity index (χ0) is 15.4. The molecule has 0 amide bonds. The third-order valence-corrected chi connectivity index (χ3v) is 3.15. The van der Waals surface area contributed by atoms with Gasteiger partial charge >= 0.3 is 0 Å². The Morgan fingerprint density at radius 3 is 2.43 bits per heavy atom. The minimum atomic E-state index is -0.412. The van der Waals surface area contributed by atoms with Crippen LogP contribution >= 0.6 is 15.9 Å². The molecule has 0 spiro atoms. The van der Waals surface area contributed by atoms with Gasteiger partial charge in [0.1, 0.15) is 11.4 Å². The Labute approximate surface area is 131 Å². The number of hydrogen-bond acceptors (Lipinski definition) is 4. The van der Waals surface area contributed by atoms with Gasteiger partial charge in [-0.15, -0.1) is 0 Å². The van der Waals surface area contributed by atoms with Crippen molar-refractivity contribution >= 4 is 33.0 Å². The van der Waals surface area contributed by atoms with E-state index in [-0.39, 0.29) is 11.8 Å². The minimum absolute atomic E-state index is 0.0284. The smallest absolute Gasteiger partial charge is 0.292 e. The highest BCUT2D eigenvalue weighted by Gasteiger charge is 2.13. The number of rotatable bonds is 5. The van der Waals surface area contributed by atoms with Gasteiger partial charge in [0.05, 0.1) is 11.0 Å². The highest BCUT2D eigenvalue weighted by molar-refractivity contribution is 9.10. The van der Waals surface area contributed by atoms with E-state index >= 15 is 0 Å².